The highest BCUT2D eigenvalue weighted by Gasteiger charge is 2.21. The Morgan fingerprint density at radius 3 is 2.70 bits per heavy atom. The lowest BCUT2D eigenvalue weighted by atomic mass is 10.1. The molecule has 6 nitrogen and oxygen atoms in total. The Labute approximate surface area is 158 Å². The first kappa shape index (κ1) is 19.1. The first-order valence-corrected chi connectivity index (χ1v) is 9.62. The first-order chi connectivity index (χ1) is 13.1. The molecule has 2 aromatic heterocycles. The highest BCUT2D eigenvalue weighted by atomic mass is 32.2. The van der Waals surface area contributed by atoms with Gasteiger partial charge in [-0.1, -0.05) is 6.07 Å². The van der Waals surface area contributed by atoms with Crippen LogP contribution in [0.4, 0.5) is 8.78 Å². The molecule has 0 saturated carbocycles. The van der Waals surface area contributed by atoms with Crippen molar-refractivity contribution in [1.82, 2.24) is 19.9 Å². The van der Waals surface area contributed by atoms with E-state index in [1.54, 1.807) is 11.8 Å². The van der Waals surface area contributed by atoms with Crippen molar-refractivity contribution in [2.45, 2.75) is 19.1 Å². The van der Waals surface area contributed by atoms with Gasteiger partial charge in [-0.25, -0.2) is 0 Å². The zero-order valence-electron chi connectivity index (χ0n) is 14.5. The fraction of sp³-hybridized carbons (Fsp3) is 0.278. The second-order valence-electron chi connectivity index (χ2n) is 5.70. The summed E-state index contributed by atoms with van der Waals surface area (Å²) in [4.78, 5) is 12.6. The number of amides is 1. The van der Waals surface area contributed by atoms with Gasteiger partial charge in [0.25, 0.3) is 5.91 Å². The standard InChI is InChI=1S/C18H18F2N4O2S/c1-27-11-9-14(16-23-22-15-4-2-3-10-24(15)16)21-17(25)12-5-7-13(8-6-12)26-18(19)20/h2-8,10,14,18H,9,11H2,1H3,(H,21,25). The van der Waals surface area contributed by atoms with Crippen molar-refractivity contribution in [3.05, 3.63) is 60.0 Å². The average Bonchev–Trinajstić information content (AvgIpc) is 3.09. The minimum absolute atomic E-state index is 0.00364. The number of hydrogen-bond acceptors (Lipinski definition) is 5. The molecule has 1 amide bonds. The molecule has 0 fully saturated rings. The van der Waals surface area contributed by atoms with Crippen LogP contribution >= 0.6 is 11.8 Å². The number of fused-ring (bicyclic) bond motifs is 1. The molecule has 1 N–H and O–H groups in total. The normalized spacial score (nSPS) is 12.3. The van der Waals surface area contributed by atoms with Crippen LogP contribution in [0.15, 0.2) is 48.7 Å². The van der Waals surface area contributed by atoms with Crippen LogP contribution in [-0.4, -0.2) is 39.1 Å². The molecule has 1 atom stereocenters. The molecule has 0 aliphatic rings. The maximum atomic E-state index is 12.6. The van der Waals surface area contributed by atoms with Crippen LogP contribution in [0.25, 0.3) is 5.65 Å². The van der Waals surface area contributed by atoms with Gasteiger partial charge in [0, 0.05) is 11.8 Å². The quantitative estimate of drug-likeness (QED) is 0.635. The minimum Gasteiger partial charge on any atom is -0.435 e. The van der Waals surface area contributed by atoms with Crippen molar-refractivity contribution < 1.29 is 18.3 Å². The topological polar surface area (TPSA) is 68.5 Å². The van der Waals surface area contributed by atoms with Crippen molar-refractivity contribution in [2.75, 3.05) is 12.0 Å². The third kappa shape index (κ3) is 4.73. The maximum Gasteiger partial charge on any atom is 0.387 e. The largest absolute Gasteiger partial charge is 0.435 e. The number of pyridine rings is 1. The number of rotatable bonds is 8. The molecule has 1 unspecified atom stereocenters. The fourth-order valence-corrected chi connectivity index (χ4v) is 3.10. The van der Waals surface area contributed by atoms with E-state index >= 15 is 0 Å². The van der Waals surface area contributed by atoms with Gasteiger partial charge in [-0.2, -0.15) is 20.5 Å². The predicted molar refractivity (Wildman–Crippen MR) is 99.3 cm³/mol. The lowest BCUT2D eigenvalue weighted by molar-refractivity contribution is -0.0498. The number of alkyl halides is 2. The molecular weight excluding hydrogens is 374 g/mol. The number of ether oxygens (including phenoxy) is 1. The van der Waals surface area contributed by atoms with Crippen LogP contribution in [0.2, 0.25) is 0 Å². The van der Waals surface area contributed by atoms with Crippen molar-refractivity contribution in [3.63, 3.8) is 0 Å². The van der Waals surface area contributed by atoms with Gasteiger partial charge >= 0.3 is 6.61 Å². The summed E-state index contributed by atoms with van der Waals surface area (Å²) in [7, 11) is 0. The van der Waals surface area contributed by atoms with Crippen LogP contribution in [0.5, 0.6) is 5.75 Å². The average molecular weight is 392 g/mol. The number of thioether (sulfide) groups is 1. The van der Waals surface area contributed by atoms with Crippen LogP contribution in [-0.2, 0) is 0 Å². The number of halogens is 2. The molecule has 0 spiro atoms. The van der Waals surface area contributed by atoms with Crippen LogP contribution in [0, 0.1) is 0 Å². The third-order valence-corrected chi connectivity index (χ3v) is 4.55. The zero-order valence-corrected chi connectivity index (χ0v) is 15.3. The number of nitrogens with one attached hydrogen (secondary N) is 1. The maximum absolute atomic E-state index is 12.6. The van der Waals surface area contributed by atoms with E-state index < -0.39 is 6.61 Å². The van der Waals surface area contributed by atoms with Gasteiger partial charge in [0.05, 0.1) is 6.04 Å². The van der Waals surface area contributed by atoms with E-state index in [4.69, 9.17) is 0 Å². The van der Waals surface area contributed by atoms with Crippen LogP contribution in [0.1, 0.15) is 28.6 Å². The lowest BCUT2D eigenvalue weighted by Gasteiger charge is -2.17. The molecular formula is C18H18F2N4O2S. The highest BCUT2D eigenvalue weighted by molar-refractivity contribution is 7.98. The molecule has 3 rings (SSSR count). The lowest BCUT2D eigenvalue weighted by Crippen LogP contribution is -2.30. The number of carbonyl (C=O) groups excluding carboxylic acids is 1. The van der Waals surface area contributed by atoms with Gasteiger partial charge in [0.15, 0.2) is 11.5 Å². The molecule has 0 bridgehead atoms. The number of benzene rings is 1. The second kappa shape index (κ2) is 8.81. The van der Waals surface area contributed by atoms with Crippen molar-refractivity contribution in [1.29, 1.82) is 0 Å². The molecule has 142 valence electrons. The molecule has 0 radical (unpaired) electrons. The van der Waals surface area contributed by atoms with E-state index in [1.807, 2.05) is 35.1 Å². The van der Waals surface area contributed by atoms with Crippen LogP contribution < -0.4 is 10.1 Å². The Bertz CT molecular complexity index is 902. The fourth-order valence-electron chi connectivity index (χ4n) is 2.63. The number of nitrogens with zero attached hydrogens (tertiary/aromatic N) is 3. The Balaban J connectivity index is 1.79. The van der Waals surface area contributed by atoms with Crippen LogP contribution in [0.3, 0.4) is 0 Å². The summed E-state index contributed by atoms with van der Waals surface area (Å²) >= 11 is 1.67. The van der Waals surface area contributed by atoms with E-state index in [2.05, 4.69) is 20.3 Å². The van der Waals surface area contributed by atoms with Gasteiger partial charge in [0.1, 0.15) is 5.75 Å². The summed E-state index contributed by atoms with van der Waals surface area (Å²) in [5.41, 5.74) is 1.05. The number of hydrogen-bond donors (Lipinski definition) is 1. The smallest absolute Gasteiger partial charge is 0.387 e. The van der Waals surface area contributed by atoms with Gasteiger partial charge < -0.3 is 10.1 Å². The van der Waals surface area contributed by atoms with E-state index in [0.717, 1.165) is 5.75 Å². The van der Waals surface area contributed by atoms with Gasteiger partial charge in [-0.15, -0.1) is 10.2 Å². The summed E-state index contributed by atoms with van der Waals surface area (Å²) in [5.74, 6) is 1.15. The summed E-state index contributed by atoms with van der Waals surface area (Å²) in [6, 6.07) is 10.8. The monoisotopic (exact) mass is 392 g/mol. The molecule has 0 saturated heterocycles. The Morgan fingerprint density at radius 1 is 1.22 bits per heavy atom. The molecule has 1 aromatic carbocycles. The molecule has 0 aliphatic carbocycles. The second-order valence-corrected chi connectivity index (χ2v) is 6.68. The third-order valence-electron chi connectivity index (χ3n) is 3.91. The van der Waals surface area contributed by atoms with Crippen molar-refractivity contribution in [2.24, 2.45) is 0 Å². The summed E-state index contributed by atoms with van der Waals surface area (Å²) < 4.78 is 30.6. The number of aromatic nitrogens is 3. The SMILES string of the molecule is CSCCC(NC(=O)c1ccc(OC(F)F)cc1)c1nnc2ccccn12. The Kier molecular flexibility index (Phi) is 6.23. The zero-order chi connectivity index (χ0) is 19.2. The number of carbonyl (C=O) groups is 1. The molecule has 9 heteroatoms. The molecule has 2 heterocycles. The summed E-state index contributed by atoms with van der Waals surface area (Å²) in [5, 5.41) is 11.3. The van der Waals surface area contributed by atoms with Gasteiger partial charge in [0.2, 0.25) is 0 Å². The van der Waals surface area contributed by atoms with Gasteiger partial charge in [-0.05, 0) is 54.8 Å². The predicted octanol–water partition coefficient (Wildman–Crippen LogP) is 3.55. The van der Waals surface area contributed by atoms with Gasteiger partial charge in [-0.3, -0.25) is 9.20 Å². The summed E-state index contributed by atoms with van der Waals surface area (Å²) in [6.07, 6.45) is 4.51. The Morgan fingerprint density at radius 2 is 2.00 bits per heavy atom. The highest BCUT2D eigenvalue weighted by Crippen LogP contribution is 2.20. The van der Waals surface area contributed by atoms with E-state index in [1.165, 1.54) is 24.3 Å². The first-order valence-electron chi connectivity index (χ1n) is 8.23. The Hall–Kier alpha value is -2.68. The molecule has 27 heavy (non-hydrogen) atoms. The van der Waals surface area contributed by atoms with E-state index in [-0.39, 0.29) is 17.7 Å². The van der Waals surface area contributed by atoms with Crippen molar-refractivity contribution >= 4 is 23.3 Å². The van der Waals surface area contributed by atoms with E-state index in [9.17, 15) is 13.6 Å². The minimum atomic E-state index is -2.90. The molecule has 0 aliphatic heterocycles. The van der Waals surface area contributed by atoms with E-state index in [0.29, 0.717) is 23.5 Å². The summed E-state index contributed by atoms with van der Waals surface area (Å²) in [6.45, 7) is -2.90. The van der Waals surface area contributed by atoms with Crippen molar-refractivity contribution in [3.8, 4) is 5.75 Å². The molecule has 3 aromatic rings.